The molecule has 0 unspecified atom stereocenters. The predicted octanol–water partition coefficient (Wildman–Crippen LogP) is 2.57. The number of nitrogens with one attached hydrogen (secondary N) is 2. The number of urea groups is 1. The highest BCUT2D eigenvalue weighted by atomic mass is 16.2. The van der Waals surface area contributed by atoms with E-state index in [4.69, 9.17) is 0 Å². The summed E-state index contributed by atoms with van der Waals surface area (Å²) >= 11 is 0. The number of rotatable bonds is 7. The average Bonchev–Trinajstić information content (AvgIpc) is 2.76. The van der Waals surface area contributed by atoms with Crippen LogP contribution in [0.4, 0.5) is 4.79 Å². The zero-order valence-electron chi connectivity index (χ0n) is 15.2. The summed E-state index contributed by atoms with van der Waals surface area (Å²) < 4.78 is 0. The second kappa shape index (κ2) is 7.99. The number of unbranched alkanes of at least 4 members (excludes halogenated alkanes) is 2. The van der Waals surface area contributed by atoms with Gasteiger partial charge in [0.1, 0.15) is 12.1 Å². The van der Waals surface area contributed by atoms with Crippen molar-refractivity contribution in [1.82, 2.24) is 15.5 Å². The van der Waals surface area contributed by atoms with E-state index in [-0.39, 0.29) is 30.3 Å². The monoisotopic (exact) mass is 337 g/mol. The fraction of sp³-hybridized carbons (Fsp3) is 0.833. The Bertz CT molecular complexity index is 494. The molecule has 6 heteroatoms. The summed E-state index contributed by atoms with van der Waals surface area (Å²) in [6.45, 7) is 5.93. The lowest BCUT2D eigenvalue weighted by atomic mass is 9.73. The smallest absolute Gasteiger partial charge is 0.325 e. The summed E-state index contributed by atoms with van der Waals surface area (Å²) in [4.78, 5) is 38.3. The first-order valence-corrected chi connectivity index (χ1v) is 9.34. The average molecular weight is 337 g/mol. The molecule has 2 rings (SSSR count). The van der Waals surface area contributed by atoms with E-state index in [1.54, 1.807) is 0 Å². The SMILES string of the molecule is CCCCC[C@@H](C)NC(=O)CN1C(=O)N[C@@]2(CCCC[C@@H]2C)C1=O. The van der Waals surface area contributed by atoms with Crippen molar-refractivity contribution in [2.45, 2.75) is 83.7 Å². The molecule has 2 N–H and O–H groups in total. The van der Waals surface area contributed by atoms with E-state index in [9.17, 15) is 14.4 Å². The van der Waals surface area contributed by atoms with E-state index in [1.807, 2.05) is 13.8 Å². The van der Waals surface area contributed by atoms with E-state index >= 15 is 0 Å². The van der Waals surface area contributed by atoms with Crippen LogP contribution in [0, 0.1) is 5.92 Å². The molecule has 24 heavy (non-hydrogen) atoms. The van der Waals surface area contributed by atoms with Crippen molar-refractivity contribution in [3.8, 4) is 0 Å². The van der Waals surface area contributed by atoms with Gasteiger partial charge < -0.3 is 10.6 Å². The lowest BCUT2D eigenvalue weighted by Crippen LogP contribution is -2.54. The molecule has 3 atom stereocenters. The Morgan fingerprint density at radius 3 is 2.79 bits per heavy atom. The maximum Gasteiger partial charge on any atom is 0.325 e. The number of carbonyl (C=O) groups excluding carboxylic acids is 3. The molecule has 0 aromatic rings. The Balaban J connectivity index is 1.91. The Kier molecular flexibility index (Phi) is 6.24. The zero-order valence-corrected chi connectivity index (χ0v) is 15.2. The molecule has 1 aliphatic carbocycles. The number of nitrogens with zero attached hydrogens (tertiary/aromatic N) is 1. The van der Waals surface area contributed by atoms with Gasteiger partial charge in [-0.05, 0) is 32.1 Å². The molecule has 1 spiro atoms. The molecule has 2 fully saturated rings. The van der Waals surface area contributed by atoms with E-state index in [0.29, 0.717) is 6.42 Å². The van der Waals surface area contributed by atoms with Crippen LogP contribution in [-0.4, -0.2) is 40.9 Å². The highest BCUT2D eigenvalue weighted by Crippen LogP contribution is 2.38. The highest BCUT2D eigenvalue weighted by Gasteiger charge is 2.55. The van der Waals surface area contributed by atoms with Crippen LogP contribution in [-0.2, 0) is 9.59 Å². The van der Waals surface area contributed by atoms with Crippen molar-refractivity contribution < 1.29 is 14.4 Å². The minimum atomic E-state index is -0.789. The Morgan fingerprint density at radius 2 is 2.12 bits per heavy atom. The van der Waals surface area contributed by atoms with Crippen molar-refractivity contribution >= 4 is 17.8 Å². The Labute approximate surface area is 144 Å². The second-order valence-corrected chi connectivity index (χ2v) is 7.40. The number of amides is 4. The van der Waals surface area contributed by atoms with Crippen LogP contribution in [0.25, 0.3) is 0 Å². The second-order valence-electron chi connectivity index (χ2n) is 7.40. The van der Waals surface area contributed by atoms with Gasteiger partial charge in [-0.1, -0.05) is 46.0 Å². The Hall–Kier alpha value is -1.59. The van der Waals surface area contributed by atoms with Crippen LogP contribution in [0.1, 0.15) is 72.1 Å². The summed E-state index contributed by atoms with van der Waals surface area (Å²) in [5, 5.41) is 5.77. The van der Waals surface area contributed by atoms with Crippen molar-refractivity contribution in [2.24, 2.45) is 5.92 Å². The standard InChI is InChI=1S/C18H31N3O3/c1-4-5-6-10-14(3)19-15(22)12-21-16(23)18(20-17(21)24)11-8-7-9-13(18)2/h13-14H,4-12H2,1-3H3,(H,19,22)(H,20,24)/t13-,14+,18+/m0/s1. The lowest BCUT2D eigenvalue weighted by molar-refractivity contribution is -0.137. The van der Waals surface area contributed by atoms with E-state index in [0.717, 1.165) is 49.8 Å². The largest absolute Gasteiger partial charge is 0.352 e. The predicted molar refractivity (Wildman–Crippen MR) is 92.4 cm³/mol. The first kappa shape index (κ1) is 18.7. The van der Waals surface area contributed by atoms with E-state index < -0.39 is 11.6 Å². The van der Waals surface area contributed by atoms with Gasteiger partial charge in [0.05, 0.1) is 0 Å². The van der Waals surface area contributed by atoms with Crippen LogP contribution in [0.5, 0.6) is 0 Å². The highest BCUT2D eigenvalue weighted by molar-refractivity contribution is 6.09. The van der Waals surface area contributed by atoms with Gasteiger partial charge in [-0.15, -0.1) is 0 Å². The molecule has 4 amide bonds. The van der Waals surface area contributed by atoms with Crippen LogP contribution < -0.4 is 10.6 Å². The van der Waals surface area contributed by atoms with E-state index in [1.165, 1.54) is 0 Å². The molecule has 0 bridgehead atoms. The maximum atomic E-state index is 12.8. The van der Waals surface area contributed by atoms with Gasteiger partial charge in [0.25, 0.3) is 5.91 Å². The van der Waals surface area contributed by atoms with Gasteiger partial charge in [-0.3, -0.25) is 14.5 Å². The lowest BCUT2D eigenvalue weighted by Gasteiger charge is -2.36. The number of imide groups is 1. The van der Waals surface area contributed by atoms with E-state index in [2.05, 4.69) is 17.6 Å². The maximum absolute atomic E-state index is 12.8. The molecular formula is C18H31N3O3. The zero-order chi connectivity index (χ0) is 17.7. The Morgan fingerprint density at radius 1 is 1.38 bits per heavy atom. The van der Waals surface area contributed by atoms with Crippen LogP contribution in [0.15, 0.2) is 0 Å². The third-order valence-electron chi connectivity index (χ3n) is 5.45. The minimum Gasteiger partial charge on any atom is -0.352 e. The molecule has 1 saturated carbocycles. The van der Waals surface area contributed by atoms with Gasteiger partial charge in [0.2, 0.25) is 5.91 Å². The van der Waals surface area contributed by atoms with Crippen molar-refractivity contribution in [2.75, 3.05) is 6.54 Å². The fourth-order valence-electron chi connectivity index (χ4n) is 3.88. The topological polar surface area (TPSA) is 78.5 Å². The molecule has 0 aromatic carbocycles. The summed E-state index contributed by atoms with van der Waals surface area (Å²) in [7, 11) is 0. The van der Waals surface area contributed by atoms with Crippen molar-refractivity contribution in [3.05, 3.63) is 0 Å². The third-order valence-corrected chi connectivity index (χ3v) is 5.45. The van der Waals surface area contributed by atoms with Gasteiger partial charge in [-0.2, -0.15) is 0 Å². The molecule has 0 radical (unpaired) electrons. The van der Waals surface area contributed by atoms with Crippen LogP contribution in [0.3, 0.4) is 0 Å². The van der Waals surface area contributed by atoms with Gasteiger partial charge >= 0.3 is 6.03 Å². The molecular weight excluding hydrogens is 306 g/mol. The van der Waals surface area contributed by atoms with Gasteiger partial charge in [-0.25, -0.2) is 4.79 Å². The van der Waals surface area contributed by atoms with Crippen molar-refractivity contribution in [1.29, 1.82) is 0 Å². The molecule has 0 aromatic heterocycles. The van der Waals surface area contributed by atoms with Crippen LogP contribution >= 0.6 is 0 Å². The normalized spacial score (nSPS) is 28.1. The number of carbonyl (C=O) groups is 3. The summed E-state index contributed by atoms with van der Waals surface area (Å²) in [6.07, 6.45) is 7.90. The fourth-order valence-corrected chi connectivity index (χ4v) is 3.88. The molecule has 136 valence electrons. The summed E-state index contributed by atoms with van der Waals surface area (Å²) in [5.74, 6) is -0.375. The first-order chi connectivity index (χ1) is 11.4. The summed E-state index contributed by atoms with van der Waals surface area (Å²) in [5.41, 5.74) is -0.789. The van der Waals surface area contributed by atoms with Crippen LogP contribution in [0.2, 0.25) is 0 Å². The quantitative estimate of drug-likeness (QED) is 0.553. The molecule has 1 heterocycles. The number of hydrogen-bond acceptors (Lipinski definition) is 3. The molecule has 2 aliphatic rings. The minimum absolute atomic E-state index is 0.0624. The number of hydrogen-bond donors (Lipinski definition) is 2. The van der Waals surface area contributed by atoms with Gasteiger partial charge in [0.15, 0.2) is 0 Å². The van der Waals surface area contributed by atoms with Crippen molar-refractivity contribution in [3.63, 3.8) is 0 Å². The molecule has 1 aliphatic heterocycles. The molecule has 1 saturated heterocycles. The summed E-state index contributed by atoms with van der Waals surface area (Å²) in [6, 6.07) is -0.366. The third kappa shape index (κ3) is 3.90. The van der Waals surface area contributed by atoms with Gasteiger partial charge in [0, 0.05) is 6.04 Å². The first-order valence-electron chi connectivity index (χ1n) is 9.34. The molecule has 6 nitrogen and oxygen atoms in total.